The van der Waals surface area contributed by atoms with Crippen LogP contribution >= 0.6 is 34.5 Å². The molecule has 0 spiro atoms. The third kappa shape index (κ3) is 2.53. The first-order valence-electron chi connectivity index (χ1n) is 7.20. The fraction of sp³-hybridized carbons (Fsp3) is 0.286. The minimum absolute atomic E-state index is 0.453. The summed E-state index contributed by atoms with van der Waals surface area (Å²) in [6, 6.07) is 5.42. The van der Waals surface area contributed by atoms with Gasteiger partial charge in [-0.15, -0.1) is 5.10 Å². The molecule has 1 fully saturated rings. The topological polar surface area (TPSA) is 71.5 Å². The second kappa shape index (κ2) is 5.83. The molecule has 120 valence electrons. The molecule has 1 aliphatic rings. The van der Waals surface area contributed by atoms with Gasteiger partial charge in [0, 0.05) is 31.7 Å². The highest BCUT2D eigenvalue weighted by Gasteiger charge is 2.21. The third-order valence-corrected chi connectivity index (χ3v) is 5.61. The summed E-state index contributed by atoms with van der Waals surface area (Å²) in [5.74, 6) is 0.474. The molecule has 0 aliphatic carbocycles. The van der Waals surface area contributed by atoms with Gasteiger partial charge in [0.25, 0.3) is 0 Å². The summed E-state index contributed by atoms with van der Waals surface area (Å²) < 4.78 is 1.68. The summed E-state index contributed by atoms with van der Waals surface area (Å²) in [5, 5.41) is 9.80. The maximum Gasteiger partial charge on any atom is 0.216 e. The van der Waals surface area contributed by atoms with Crippen molar-refractivity contribution in [3.63, 3.8) is 0 Å². The van der Waals surface area contributed by atoms with Crippen molar-refractivity contribution in [3.8, 4) is 11.3 Å². The molecule has 3 aromatic rings. The van der Waals surface area contributed by atoms with E-state index in [4.69, 9.17) is 28.9 Å². The Labute approximate surface area is 146 Å². The number of nitrogen functional groups attached to an aromatic ring is 1. The van der Waals surface area contributed by atoms with Gasteiger partial charge in [-0.05, 0) is 6.07 Å². The number of nitrogens with two attached hydrogens (primary N) is 1. The number of nitrogens with zero attached hydrogens (tertiary/aromatic N) is 4. The fourth-order valence-corrected chi connectivity index (χ4v) is 3.97. The van der Waals surface area contributed by atoms with Gasteiger partial charge in [0.2, 0.25) is 10.1 Å². The SMILES string of the molecule is Nc1c(-c2cccc(Cl)c2Cl)nc2sc(N3CCNCC3)nn12. The first kappa shape index (κ1) is 15.0. The predicted molar refractivity (Wildman–Crippen MR) is 95.8 cm³/mol. The molecule has 0 atom stereocenters. The zero-order valence-electron chi connectivity index (χ0n) is 12.1. The second-order valence-corrected chi connectivity index (χ2v) is 6.98. The molecule has 6 nitrogen and oxygen atoms in total. The molecule has 1 aromatic carbocycles. The van der Waals surface area contributed by atoms with E-state index in [-0.39, 0.29) is 0 Å². The van der Waals surface area contributed by atoms with Crippen LogP contribution in [0.3, 0.4) is 0 Å². The molecule has 1 saturated heterocycles. The molecule has 1 aliphatic heterocycles. The van der Waals surface area contributed by atoms with Crippen LogP contribution in [0.2, 0.25) is 10.0 Å². The largest absolute Gasteiger partial charge is 0.382 e. The molecule has 0 saturated carbocycles. The van der Waals surface area contributed by atoms with Crippen molar-refractivity contribution in [1.82, 2.24) is 19.9 Å². The van der Waals surface area contributed by atoms with E-state index in [2.05, 4.69) is 20.3 Å². The Morgan fingerprint density at radius 1 is 1.22 bits per heavy atom. The van der Waals surface area contributed by atoms with Gasteiger partial charge in [-0.2, -0.15) is 4.52 Å². The van der Waals surface area contributed by atoms with Crippen LogP contribution < -0.4 is 16.0 Å². The summed E-state index contributed by atoms with van der Waals surface area (Å²) in [5.41, 5.74) is 7.58. The normalized spacial score (nSPS) is 15.5. The van der Waals surface area contributed by atoms with Gasteiger partial charge in [-0.1, -0.05) is 46.7 Å². The van der Waals surface area contributed by atoms with Gasteiger partial charge in [0.1, 0.15) is 5.69 Å². The summed E-state index contributed by atoms with van der Waals surface area (Å²) in [6.07, 6.45) is 0. The van der Waals surface area contributed by atoms with Crippen molar-refractivity contribution in [2.75, 3.05) is 36.8 Å². The van der Waals surface area contributed by atoms with Crippen LogP contribution in [0.25, 0.3) is 16.2 Å². The Bertz CT molecular complexity index is 868. The molecule has 9 heteroatoms. The van der Waals surface area contributed by atoms with E-state index in [0.29, 0.717) is 21.6 Å². The maximum atomic E-state index is 6.28. The molecular weight excluding hydrogens is 355 g/mol. The van der Waals surface area contributed by atoms with E-state index in [1.54, 1.807) is 10.6 Å². The van der Waals surface area contributed by atoms with Crippen molar-refractivity contribution >= 4 is 50.4 Å². The number of benzene rings is 1. The molecule has 0 unspecified atom stereocenters. The smallest absolute Gasteiger partial charge is 0.216 e. The highest BCUT2D eigenvalue weighted by atomic mass is 35.5. The van der Waals surface area contributed by atoms with E-state index in [0.717, 1.165) is 41.8 Å². The number of anilines is 2. The zero-order valence-corrected chi connectivity index (χ0v) is 14.4. The maximum absolute atomic E-state index is 6.28. The molecule has 0 radical (unpaired) electrons. The second-order valence-electron chi connectivity index (χ2n) is 5.26. The quantitative estimate of drug-likeness (QED) is 0.727. The number of hydrogen-bond acceptors (Lipinski definition) is 6. The number of halogens is 2. The van der Waals surface area contributed by atoms with Crippen molar-refractivity contribution < 1.29 is 0 Å². The number of piperazine rings is 1. The fourth-order valence-electron chi connectivity index (χ4n) is 2.62. The number of aromatic nitrogens is 3. The summed E-state index contributed by atoms with van der Waals surface area (Å²) in [7, 11) is 0. The van der Waals surface area contributed by atoms with Gasteiger partial charge < -0.3 is 16.0 Å². The van der Waals surface area contributed by atoms with Crippen molar-refractivity contribution in [3.05, 3.63) is 28.2 Å². The van der Waals surface area contributed by atoms with Crippen LogP contribution in [0.1, 0.15) is 0 Å². The van der Waals surface area contributed by atoms with E-state index in [1.165, 1.54) is 11.3 Å². The van der Waals surface area contributed by atoms with E-state index >= 15 is 0 Å². The molecule has 0 bridgehead atoms. The van der Waals surface area contributed by atoms with Gasteiger partial charge in [-0.3, -0.25) is 0 Å². The van der Waals surface area contributed by atoms with Crippen LogP contribution in [-0.2, 0) is 0 Å². The average molecular weight is 369 g/mol. The number of imidazole rings is 1. The Kier molecular flexibility index (Phi) is 3.81. The lowest BCUT2D eigenvalue weighted by molar-refractivity contribution is 0.586. The minimum Gasteiger partial charge on any atom is -0.382 e. The molecule has 3 heterocycles. The van der Waals surface area contributed by atoms with Gasteiger partial charge >= 0.3 is 0 Å². The lowest BCUT2D eigenvalue weighted by Crippen LogP contribution is -2.43. The molecule has 4 rings (SSSR count). The Morgan fingerprint density at radius 3 is 2.74 bits per heavy atom. The molecular formula is C14H14Cl2N6S. The zero-order chi connectivity index (χ0) is 16.0. The molecule has 0 amide bonds. The number of hydrogen-bond donors (Lipinski definition) is 2. The van der Waals surface area contributed by atoms with Crippen LogP contribution in [0.4, 0.5) is 10.9 Å². The number of fused-ring (bicyclic) bond motifs is 1. The first-order chi connectivity index (χ1) is 11.1. The predicted octanol–water partition coefficient (Wildman–Crippen LogP) is 2.76. The lowest BCUT2D eigenvalue weighted by Gasteiger charge is -2.26. The van der Waals surface area contributed by atoms with Crippen LogP contribution in [0, 0.1) is 0 Å². The first-order valence-corrected chi connectivity index (χ1v) is 8.77. The number of nitrogens with one attached hydrogen (secondary N) is 1. The standard InChI is InChI=1S/C14H14Cl2N6S/c15-9-3-1-2-8(10(9)16)11-12(17)22-13(19-11)23-14(20-22)21-6-4-18-5-7-21/h1-3,18H,4-7,17H2. The van der Waals surface area contributed by atoms with Crippen LogP contribution in [0.15, 0.2) is 18.2 Å². The lowest BCUT2D eigenvalue weighted by atomic mass is 10.1. The molecule has 3 N–H and O–H groups in total. The highest BCUT2D eigenvalue weighted by Crippen LogP contribution is 2.37. The van der Waals surface area contributed by atoms with E-state index in [9.17, 15) is 0 Å². The third-order valence-electron chi connectivity index (χ3n) is 3.82. The summed E-state index contributed by atoms with van der Waals surface area (Å²) >= 11 is 13.9. The Hall–Kier alpha value is -1.54. The Morgan fingerprint density at radius 2 is 2.00 bits per heavy atom. The minimum atomic E-state index is 0.453. The molecule has 23 heavy (non-hydrogen) atoms. The van der Waals surface area contributed by atoms with Gasteiger partial charge in [0.05, 0.1) is 10.0 Å². The van der Waals surface area contributed by atoms with Crippen LogP contribution in [-0.4, -0.2) is 40.8 Å². The van der Waals surface area contributed by atoms with Crippen LogP contribution in [0.5, 0.6) is 0 Å². The highest BCUT2D eigenvalue weighted by molar-refractivity contribution is 7.20. The summed E-state index contributed by atoms with van der Waals surface area (Å²) in [6.45, 7) is 3.79. The van der Waals surface area contributed by atoms with Crippen molar-refractivity contribution in [2.24, 2.45) is 0 Å². The average Bonchev–Trinajstić information content (AvgIpc) is 3.11. The summed E-state index contributed by atoms with van der Waals surface area (Å²) in [4.78, 5) is 7.60. The van der Waals surface area contributed by atoms with Crippen molar-refractivity contribution in [2.45, 2.75) is 0 Å². The number of rotatable bonds is 2. The monoisotopic (exact) mass is 368 g/mol. The van der Waals surface area contributed by atoms with Gasteiger partial charge in [0.15, 0.2) is 5.82 Å². The van der Waals surface area contributed by atoms with Crippen molar-refractivity contribution in [1.29, 1.82) is 0 Å². The van der Waals surface area contributed by atoms with E-state index < -0.39 is 0 Å². The Balaban J connectivity index is 1.77. The van der Waals surface area contributed by atoms with Gasteiger partial charge in [-0.25, -0.2) is 4.98 Å². The van der Waals surface area contributed by atoms with E-state index in [1.807, 2.05) is 12.1 Å². The molecule has 2 aromatic heterocycles.